The second-order valence-electron chi connectivity index (χ2n) is 4.89. The Labute approximate surface area is 134 Å². The summed E-state index contributed by atoms with van der Waals surface area (Å²) in [7, 11) is 1.61. The summed E-state index contributed by atoms with van der Waals surface area (Å²) in [6.07, 6.45) is 3.74. The average Bonchev–Trinajstić information content (AvgIpc) is 3.09. The SMILES string of the molecule is COc1ccc(N(C#N)Cc2coc(-c3ccccc3)n2)cc1. The van der Waals surface area contributed by atoms with Gasteiger partial charge in [0.25, 0.3) is 0 Å². The highest BCUT2D eigenvalue weighted by Crippen LogP contribution is 2.22. The molecule has 0 saturated heterocycles. The summed E-state index contributed by atoms with van der Waals surface area (Å²) in [5, 5.41) is 9.38. The molecule has 2 aromatic carbocycles. The Morgan fingerprint density at radius 2 is 1.87 bits per heavy atom. The molecule has 0 spiro atoms. The van der Waals surface area contributed by atoms with Crippen LogP contribution in [0, 0.1) is 11.5 Å². The third-order valence-electron chi connectivity index (χ3n) is 3.40. The van der Waals surface area contributed by atoms with Crippen LogP contribution in [0.3, 0.4) is 0 Å². The van der Waals surface area contributed by atoms with E-state index in [1.54, 1.807) is 18.3 Å². The standard InChI is InChI=1S/C18H15N3O2/c1-22-17-9-7-16(8-10-17)21(13-19)11-15-12-23-18(20-15)14-5-3-2-4-6-14/h2-10,12H,11H2,1H3. The smallest absolute Gasteiger partial charge is 0.226 e. The lowest BCUT2D eigenvalue weighted by molar-refractivity contribution is 0.415. The number of anilines is 1. The zero-order chi connectivity index (χ0) is 16.1. The maximum atomic E-state index is 9.38. The van der Waals surface area contributed by atoms with E-state index in [2.05, 4.69) is 11.2 Å². The summed E-state index contributed by atoms with van der Waals surface area (Å²) in [5.74, 6) is 1.30. The first-order valence-corrected chi connectivity index (χ1v) is 7.11. The van der Waals surface area contributed by atoms with Gasteiger partial charge in [-0.25, -0.2) is 4.98 Å². The van der Waals surface area contributed by atoms with Crippen LogP contribution in [0.2, 0.25) is 0 Å². The number of nitrogens with zero attached hydrogens (tertiary/aromatic N) is 3. The van der Waals surface area contributed by atoms with E-state index < -0.39 is 0 Å². The van der Waals surface area contributed by atoms with Gasteiger partial charge in [-0.3, -0.25) is 4.90 Å². The van der Waals surface area contributed by atoms with Crippen LogP contribution in [0.25, 0.3) is 11.5 Å². The molecule has 5 heteroatoms. The van der Waals surface area contributed by atoms with Crippen molar-refractivity contribution in [2.75, 3.05) is 12.0 Å². The van der Waals surface area contributed by atoms with Crippen LogP contribution in [-0.2, 0) is 6.54 Å². The molecule has 23 heavy (non-hydrogen) atoms. The van der Waals surface area contributed by atoms with Gasteiger partial charge in [0.2, 0.25) is 5.89 Å². The van der Waals surface area contributed by atoms with Crippen LogP contribution >= 0.6 is 0 Å². The summed E-state index contributed by atoms with van der Waals surface area (Å²) >= 11 is 0. The van der Waals surface area contributed by atoms with E-state index in [0.717, 1.165) is 17.0 Å². The second kappa shape index (κ2) is 6.67. The van der Waals surface area contributed by atoms with Gasteiger partial charge in [-0.05, 0) is 36.4 Å². The molecule has 0 aliphatic carbocycles. The average molecular weight is 305 g/mol. The first kappa shape index (κ1) is 14.7. The Morgan fingerprint density at radius 3 is 2.52 bits per heavy atom. The molecular formula is C18H15N3O2. The molecule has 0 N–H and O–H groups in total. The number of oxazole rings is 1. The quantitative estimate of drug-likeness (QED) is 0.529. The lowest BCUT2D eigenvalue weighted by Gasteiger charge is -2.14. The number of hydrogen-bond donors (Lipinski definition) is 0. The molecule has 0 aliphatic heterocycles. The van der Waals surface area contributed by atoms with Crippen LogP contribution in [0.5, 0.6) is 5.75 Å². The molecule has 3 aromatic rings. The Kier molecular flexibility index (Phi) is 4.25. The topological polar surface area (TPSA) is 62.3 Å². The third kappa shape index (κ3) is 3.33. The third-order valence-corrected chi connectivity index (χ3v) is 3.40. The molecule has 0 fully saturated rings. The van der Waals surface area contributed by atoms with Gasteiger partial charge >= 0.3 is 0 Å². The van der Waals surface area contributed by atoms with Crippen molar-refractivity contribution >= 4 is 5.69 Å². The predicted octanol–water partition coefficient (Wildman–Crippen LogP) is 3.84. The van der Waals surface area contributed by atoms with Crippen LogP contribution in [-0.4, -0.2) is 12.1 Å². The number of methoxy groups -OCH3 is 1. The summed E-state index contributed by atoms with van der Waals surface area (Å²) in [6, 6.07) is 17.0. The molecule has 114 valence electrons. The van der Waals surface area contributed by atoms with Crippen molar-refractivity contribution in [3.05, 3.63) is 66.6 Å². The Hall–Kier alpha value is -3.26. The van der Waals surface area contributed by atoms with Gasteiger partial charge in [0.05, 0.1) is 19.3 Å². The van der Waals surface area contributed by atoms with Crippen molar-refractivity contribution in [3.8, 4) is 23.4 Å². The molecule has 0 amide bonds. The molecule has 0 saturated carbocycles. The molecular weight excluding hydrogens is 290 g/mol. The molecule has 0 unspecified atom stereocenters. The largest absolute Gasteiger partial charge is 0.497 e. The number of ether oxygens (including phenoxy) is 1. The highest BCUT2D eigenvalue weighted by molar-refractivity contribution is 5.54. The summed E-state index contributed by atoms with van der Waals surface area (Å²) in [6.45, 7) is 0.346. The van der Waals surface area contributed by atoms with Gasteiger partial charge in [-0.15, -0.1) is 0 Å². The maximum absolute atomic E-state index is 9.38. The fraction of sp³-hybridized carbons (Fsp3) is 0.111. The van der Waals surface area contributed by atoms with Crippen LogP contribution in [0.15, 0.2) is 65.3 Å². The fourth-order valence-corrected chi connectivity index (χ4v) is 2.20. The molecule has 0 radical (unpaired) electrons. The van der Waals surface area contributed by atoms with E-state index in [1.165, 1.54) is 0 Å². The number of nitriles is 1. The highest BCUT2D eigenvalue weighted by Gasteiger charge is 2.11. The lowest BCUT2D eigenvalue weighted by atomic mass is 10.2. The first-order valence-electron chi connectivity index (χ1n) is 7.11. The molecule has 1 heterocycles. The zero-order valence-electron chi connectivity index (χ0n) is 12.6. The van der Waals surface area contributed by atoms with Gasteiger partial charge in [0.1, 0.15) is 17.7 Å². The normalized spacial score (nSPS) is 10.1. The van der Waals surface area contributed by atoms with E-state index >= 15 is 0 Å². The van der Waals surface area contributed by atoms with E-state index in [4.69, 9.17) is 9.15 Å². The van der Waals surface area contributed by atoms with Crippen molar-refractivity contribution < 1.29 is 9.15 Å². The molecule has 1 aromatic heterocycles. The minimum Gasteiger partial charge on any atom is -0.497 e. The minimum absolute atomic E-state index is 0.346. The first-order chi connectivity index (χ1) is 11.3. The molecule has 5 nitrogen and oxygen atoms in total. The van der Waals surface area contributed by atoms with E-state index in [-0.39, 0.29) is 0 Å². The van der Waals surface area contributed by atoms with E-state index in [0.29, 0.717) is 18.1 Å². The van der Waals surface area contributed by atoms with Crippen molar-refractivity contribution in [1.29, 1.82) is 5.26 Å². The number of rotatable bonds is 5. The van der Waals surface area contributed by atoms with Gasteiger partial charge in [0, 0.05) is 5.56 Å². The Balaban J connectivity index is 1.77. The summed E-state index contributed by atoms with van der Waals surface area (Å²) in [4.78, 5) is 5.99. The lowest BCUT2D eigenvalue weighted by Crippen LogP contribution is -2.15. The molecule has 3 rings (SSSR count). The number of hydrogen-bond acceptors (Lipinski definition) is 5. The van der Waals surface area contributed by atoms with Gasteiger partial charge in [-0.1, -0.05) is 18.2 Å². The van der Waals surface area contributed by atoms with Crippen LogP contribution in [0.1, 0.15) is 5.69 Å². The Bertz CT molecular complexity index is 804. The highest BCUT2D eigenvalue weighted by atomic mass is 16.5. The van der Waals surface area contributed by atoms with Crippen molar-refractivity contribution in [3.63, 3.8) is 0 Å². The Morgan fingerprint density at radius 1 is 1.13 bits per heavy atom. The van der Waals surface area contributed by atoms with Crippen molar-refractivity contribution in [1.82, 2.24) is 4.98 Å². The zero-order valence-corrected chi connectivity index (χ0v) is 12.6. The molecule has 0 bridgehead atoms. The van der Waals surface area contributed by atoms with Gasteiger partial charge in [0.15, 0.2) is 6.19 Å². The maximum Gasteiger partial charge on any atom is 0.226 e. The predicted molar refractivity (Wildman–Crippen MR) is 86.7 cm³/mol. The molecule has 0 atom stereocenters. The van der Waals surface area contributed by atoms with Gasteiger partial charge < -0.3 is 9.15 Å². The van der Waals surface area contributed by atoms with Crippen molar-refractivity contribution in [2.45, 2.75) is 6.54 Å². The monoisotopic (exact) mass is 305 g/mol. The fourth-order valence-electron chi connectivity index (χ4n) is 2.20. The van der Waals surface area contributed by atoms with E-state index in [9.17, 15) is 5.26 Å². The summed E-state index contributed by atoms with van der Waals surface area (Å²) < 4.78 is 10.6. The number of benzene rings is 2. The van der Waals surface area contributed by atoms with Crippen LogP contribution < -0.4 is 9.64 Å². The number of aromatic nitrogens is 1. The summed E-state index contributed by atoms with van der Waals surface area (Å²) in [5.41, 5.74) is 2.38. The van der Waals surface area contributed by atoms with E-state index in [1.807, 2.05) is 54.6 Å². The van der Waals surface area contributed by atoms with Gasteiger partial charge in [-0.2, -0.15) is 5.26 Å². The minimum atomic E-state index is 0.346. The van der Waals surface area contributed by atoms with Crippen molar-refractivity contribution in [2.24, 2.45) is 0 Å². The second-order valence-corrected chi connectivity index (χ2v) is 4.89. The van der Waals surface area contributed by atoms with Crippen LogP contribution in [0.4, 0.5) is 5.69 Å². The molecule has 0 aliphatic rings.